The van der Waals surface area contributed by atoms with E-state index in [4.69, 9.17) is 25.8 Å². The van der Waals surface area contributed by atoms with E-state index in [0.717, 1.165) is 0 Å². The Morgan fingerprint density at radius 3 is 2.57 bits per heavy atom. The van der Waals surface area contributed by atoms with Gasteiger partial charge in [0.15, 0.2) is 5.65 Å². The number of hydrogen-bond acceptors (Lipinski definition) is 17. The van der Waals surface area contributed by atoms with Crippen LogP contribution in [0, 0.1) is 11.8 Å². The Hall–Kier alpha value is -1.23. The maximum atomic E-state index is 12.6. The molecule has 2 aromatic heterocycles. The highest BCUT2D eigenvalue weighted by Gasteiger charge is 2.39. The molecule has 23 heteroatoms. The van der Waals surface area contributed by atoms with Gasteiger partial charge in [-0.05, 0) is 0 Å². The van der Waals surface area contributed by atoms with Gasteiger partial charge in [0.1, 0.15) is 18.3 Å². The van der Waals surface area contributed by atoms with E-state index in [2.05, 4.69) is 35.0 Å². The third-order valence-corrected chi connectivity index (χ3v) is 11.6. The van der Waals surface area contributed by atoms with Gasteiger partial charge in [0.05, 0.1) is 30.2 Å². The monoisotopic (exact) mass is 690 g/mol. The summed E-state index contributed by atoms with van der Waals surface area (Å²) in [6, 6.07) is 0. The average molecular weight is 691 g/mol. The number of rotatable bonds is 12. The zero-order valence-electron chi connectivity index (χ0n) is 22.2. The lowest BCUT2D eigenvalue weighted by Crippen LogP contribution is -2.30. The number of phosphoric ester groups is 1. The van der Waals surface area contributed by atoms with Gasteiger partial charge in [-0.3, -0.25) is 23.5 Å². The SMILES string of the molecule is CC(C)(C)SSCOC1C[C@H](n2cc(C#CCN)c3c(=O)[nH]c(N)nc32)O[C@@H]1COP(=O)([O-])OP(=O)([O-])OP(=O)([O-])O. The molecular weight excluding hydrogens is 663 g/mol. The van der Waals surface area contributed by atoms with Crippen LogP contribution in [0.1, 0.15) is 39.0 Å². The first kappa shape index (κ1) is 35.3. The molecule has 1 aliphatic heterocycles. The summed E-state index contributed by atoms with van der Waals surface area (Å²) in [7, 11) is -14.9. The molecular formula is C19H27N5O13P3S2-3. The molecule has 4 unspecified atom stereocenters. The number of phosphoric acid groups is 3. The van der Waals surface area contributed by atoms with Crippen LogP contribution in [0.15, 0.2) is 11.0 Å². The number of H-pyrrole nitrogens is 1. The predicted octanol–water partition coefficient (Wildman–Crippen LogP) is -0.126. The number of ether oxygens (including phenoxy) is 2. The zero-order chi connectivity index (χ0) is 31.5. The highest BCUT2D eigenvalue weighted by atomic mass is 33.1. The van der Waals surface area contributed by atoms with Gasteiger partial charge >= 0.3 is 0 Å². The molecule has 1 fully saturated rings. The minimum Gasteiger partial charge on any atom is -0.756 e. The quantitative estimate of drug-likeness (QED) is 0.0741. The number of aromatic nitrogens is 3. The van der Waals surface area contributed by atoms with Crippen molar-refractivity contribution in [3.05, 3.63) is 22.1 Å². The molecule has 0 aliphatic carbocycles. The van der Waals surface area contributed by atoms with E-state index in [1.165, 1.54) is 32.4 Å². The lowest BCUT2D eigenvalue weighted by Gasteiger charge is -2.33. The number of nitrogen functional groups attached to an aromatic ring is 1. The van der Waals surface area contributed by atoms with Crippen LogP contribution in [-0.2, 0) is 36.3 Å². The number of fused-ring (bicyclic) bond motifs is 1. The molecule has 3 rings (SSSR count). The third kappa shape index (κ3) is 10.4. The molecule has 1 aliphatic rings. The van der Waals surface area contributed by atoms with Crippen molar-refractivity contribution in [3.63, 3.8) is 0 Å². The van der Waals surface area contributed by atoms with E-state index in [-0.39, 0.29) is 46.2 Å². The van der Waals surface area contributed by atoms with Crippen LogP contribution in [-0.4, -0.2) is 55.5 Å². The summed E-state index contributed by atoms with van der Waals surface area (Å²) >= 11 is 0. The fourth-order valence-corrected chi connectivity index (χ4v) is 8.50. The lowest BCUT2D eigenvalue weighted by molar-refractivity contribution is -0.250. The van der Waals surface area contributed by atoms with Gasteiger partial charge in [0, 0.05) is 17.4 Å². The molecule has 6 atom stereocenters. The van der Waals surface area contributed by atoms with Gasteiger partial charge in [-0.25, -0.2) is 8.62 Å². The summed E-state index contributed by atoms with van der Waals surface area (Å²) in [6.07, 6.45) is -1.37. The van der Waals surface area contributed by atoms with Crippen LogP contribution in [0.3, 0.4) is 0 Å². The summed E-state index contributed by atoms with van der Waals surface area (Å²) in [4.78, 5) is 62.1. The normalized spacial score (nSPS) is 23.6. The largest absolute Gasteiger partial charge is 0.756 e. The molecule has 0 bridgehead atoms. The number of nitrogens with one attached hydrogen (secondary N) is 1. The van der Waals surface area contributed by atoms with E-state index < -0.39 is 54.1 Å². The van der Waals surface area contributed by atoms with Crippen LogP contribution < -0.4 is 31.7 Å². The van der Waals surface area contributed by atoms with E-state index >= 15 is 0 Å². The van der Waals surface area contributed by atoms with Gasteiger partial charge < -0.3 is 49.6 Å². The highest BCUT2D eigenvalue weighted by molar-refractivity contribution is 8.77. The van der Waals surface area contributed by atoms with Crippen molar-refractivity contribution in [2.24, 2.45) is 5.73 Å². The number of nitrogens with two attached hydrogens (primary N) is 2. The van der Waals surface area contributed by atoms with Crippen molar-refractivity contribution < 1.29 is 55.9 Å². The van der Waals surface area contributed by atoms with Crippen molar-refractivity contribution in [2.75, 3.05) is 24.8 Å². The summed E-state index contributed by atoms with van der Waals surface area (Å²) in [5.74, 6) is 5.37. The smallest absolute Gasteiger partial charge is 0.280 e. The first-order chi connectivity index (χ1) is 19.3. The molecule has 0 amide bonds. The molecule has 0 aromatic carbocycles. The topological polar surface area (TPSA) is 289 Å². The van der Waals surface area contributed by atoms with Gasteiger partial charge in [-0.1, -0.05) is 54.2 Å². The Kier molecular flexibility index (Phi) is 11.6. The second kappa shape index (κ2) is 13.8. The Labute approximate surface area is 247 Å². The van der Waals surface area contributed by atoms with Crippen LogP contribution in [0.2, 0.25) is 0 Å². The summed E-state index contributed by atoms with van der Waals surface area (Å²) in [5.41, 5.74) is 11.0. The van der Waals surface area contributed by atoms with Gasteiger partial charge in [-0.15, -0.1) is 0 Å². The van der Waals surface area contributed by atoms with Gasteiger partial charge in [0.2, 0.25) is 5.95 Å². The number of anilines is 1. The van der Waals surface area contributed by atoms with E-state index in [1.807, 2.05) is 20.8 Å². The standard InChI is InChI=1S/C19H30N5O13P3S2/c1-19(2,3)42-41-10-33-12-7-14(24-8-11(5-4-6-20)15-16(24)22-18(21)23-17(15)25)35-13(12)9-34-39(29,30)37-40(31,32)36-38(26,27)28/h8,12-14H,6-7,9-10,20H2,1-3H3,(H,29,30)(H,31,32)(H2,26,27,28)(H3,21,22,23,25)/p-3/t12?,13-,14-/m1/s1. The minimum atomic E-state index is -6.09. The molecule has 236 valence electrons. The van der Waals surface area contributed by atoms with E-state index in [0.29, 0.717) is 0 Å². The molecule has 3 heterocycles. The Bertz CT molecular complexity index is 1550. The first-order valence-corrected chi connectivity index (χ1v) is 18.4. The highest BCUT2D eigenvalue weighted by Crippen LogP contribution is 2.61. The maximum Gasteiger partial charge on any atom is 0.280 e. The zero-order valence-corrected chi connectivity index (χ0v) is 26.5. The molecule has 18 nitrogen and oxygen atoms in total. The molecule has 0 radical (unpaired) electrons. The third-order valence-electron chi connectivity index (χ3n) is 4.96. The molecule has 2 aromatic rings. The van der Waals surface area contributed by atoms with Gasteiger partial charge in [0.25, 0.3) is 29.0 Å². The molecule has 0 saturated carbocycles. The van der Waals surface area contributed by atoms with Crippen molar-refractivity contribution >= 4 is 62.0 Å². The fraction of sp³-hybridized carbons (Fsp3) is 0.579. The Morgan fingerprint density at radius 2 is 1.95 bits per heavy atom. The predicted molar refractivity (Wildman–Crippen MR) is 147 cm³/mol. The van der Waals surface area contributed by atoms with Crippen molar-refractivity contribution in [3.8, 4) is 11.8 Å². The Morgan fingerprint density at radius 1 is 1.26 bits per heavy atom. The van der Waals surface area contributed by atoms with Gasteiger partial charge in [-0.2, -0.15) is 4.98 Å². The van der Waals surface area contributed by atoms with Crippen LogP contribution in [0.5, 0.6) is 0 Å². The maximum absolute atomic E-state index is 12.6. The average Bonchev–Trinajstić information content (AvgIpc) is 3.37. The first-order valence-electron chi connectivity index (χ1n) is 11.7. The number of aromatic amines is 1. The molecule has 6 N–H and O–H groups in total. The second-order valence-electron chi connectivity index (χ2n) is 9.43. The molecule has 42 heavy (non-hydrogen) atoms. The van der Waals surface area contributed by atoms with E-state index in [9.17, 15) is 33.2 Å². The number of hydrogen-bond donors (Lipinski definition) is 4. The minimum absolute atomic E-state index is 0.00973. The van der Waals surface area contributed by atoms with Crippen molar-refractivity contribution in [1.82, 2.24) is 14.5 Å². The van der Waals surface area contributed by atoms with Crippen molar-refractivity contribution in [2.45, 2.75) is 50.4 Å². The fourth-order valence-electron chi connectivity index (χ4n) is 3.60. The summed E-state index contributed by atoms with van der Waals surface area (Å²) in [5, 5.41) is 0.103. The van der Waals surface area contributed by atoms with Crippen LogP contribution in [0.4, 0.5) is 5.95 Å². The van der Waals surface area contributed by atoms with Crippen LogP contribution >= 0.6 is 45.1 Å². The summed E-state index contributed by atoms with van der Waals surface area (Å²) in [6.45, 7) is 5.14. The van der Waals surface area contributed by atoms with Crippen LogP contribution in [0.25, 0.3) is 11.0 Å². The van der Waals surface area contributed by atoms with E-state index in [1.54, 1.807) is 0 Å². The number of nitrogens with zero attached hydrogens (tertiary/aromatic N) is 2. The molecule has 0 spiro atoms. The molecule has 1 saturated heterocycles. The summed E-state index contributed by atoms with van der Waals surface area (Å²) < 4.78 is 59.2. The lowest BCUT2D eigenvalue weighted by atomic mass is 10.2. The second-order valence-corrected chi connectivity index (χ2v) is 16.8. The van der Waals surface area contributed by atoms with Crippen molar-refractivity contribution in [1.29, 1.82) is 0 Å². The Balaban J connectivity index is 1.86.